The molecule has 1 spiro atoms. The van der Waals surface area contributed by atoms with E-state index in [-0.39, 0.29) is 43.8 Å². The number of cyclic esters (lactones) is 1. The molecule has 4 aliphatic rings. The van der Waals surface area contributed by atoms with Crippen LogP contribution in [0.1, 0.15) is 54.4 Å². The Kier molecular flexibility index (Phi) is 7.78. The second-order valence-electron chi connectivity index (χ2n) is 12.1. The number of amides is 3. The molecule has 4 aliphatic heterocycles. The lowest BCUT2D eigenvalue weighted by molar-refractivity contribution is -0.160. The zero-order valence-electron chi connectivity index (χ0n) is 23.2. The first-order valence-corrected chi connectivity index (χ1v) is 13.6. The third-order valence-corrected chi connectivity index (χ3v) is 8.10. The zero-order chi connectivity index (χ0) is 28.0. The summed E-state index contributed by atoms with van der Waals surface area (Å²) in [5, 5.41) is 13.1. The molecule has 4 rings (SSSR count). The van der Waals surface area contributed by atoms with E-state index in [1.807, 2.05) is 46.8 Å². The number of hydrogen-bond donors (Lipinski definition) is 2. The van der Waals surface area contributed by atoms with Crippen LogP contribution in [0.15, 0.2) is 24.3 Å². The third kappa shape index (κ3) is 4.77. The minimum atomic E-state index is -1.34. The number of hydrogen-bond acceptors (Lipinski definition) is 7. The molecular formula is C28H41N3O7. The van der Waals surface area contributed by atoms with Crippen molar-refractivity contribution in [1.82, 2.24) is 15.1 Å². The Hall–Kier alpha value is -2.72. The molecule has 5 bridgehead atoms. The summed E-state index contributed by atoms with van der Waals surface area (Å²) >= 11 is 0. The van der Waals surface area contributed by atoms with Gasteiger partial charge >= 0.3 is 5.97 Å². The van der Waals surface area contributed by atoms with Crippen LogP contribution in [0.2, 0.25) is 0 Å². The van der Waals surface area contributed by atoms with E-state index in [1.54, 1.807) is 24.0 Å². The first-order chi connectivity index (χ1) is 17.8. The second kappa shape index (κ2) is 10.4. The zero-order valence-corrected chi connectivity index (χ0v) is 23.2. The molecule has 0 unspecified atom stereocenters. The summed E-state index contributed by atoms with van der Waals surface area (Å²) in [7, 11) is 0. The summed E-state index contributed by atoms with van der Waals surface area (Å²) < 4.78 is 12.1. The number of nitrogens with one attached hydrogen (secondary N) is 1. The summed E-state index contributed by atoms with van der Waals surface area (Å²) in [5.74, 6) is -3.51. The van der Waals surface area contributed by atoms with Crippen LogP contribution in [0.5, 0.6) is 0 Å². The molecule has 3 amide bonds. The Morgan fingerprint density at radius 3 is 2.50 bits per heavy atom. The molecule has 0 aromatic rings. The Morgan fingerprint density at radius 1 is 1.16 bits per heavy atom. The SMILES string of the molecule is CC(C)[C@H](CO)N1C(=O)[C@@H]2[C@H]3C(=O)O[C@@H](C)CNC(=O)CC/C=C\CN(C(C)(C)C)C(=O)[C@@H]1[C@]21C=C[C@H]3O1. The summed E-state index contributed by atoms with van der Waals surface area (Å²) in [5.41, 5.74) is -1.95. The van der Waals surface area contributed by atoms with Crippen molar-refractivity contribution in [3.05, 3.63) is 24.3 Å². The number of carbonyl (C=O) groups excluding carboxylic acids is 4. The smallest absolute Gasteiger partial charge is 0.313 e. The molecule has 38 heavy (non-hydrogen) atoms. The van der Waals surface area contributed by atoms with Crippen molar-refractivity contribution >= 4 is 23.7 Å². The van der Waals surface area contributed by atoms with E-state index in [4.69, 9.17) is 9.47 Å². The van der Waals surface area contributed by atoms with Crippen LogP contribution in [-0.2, 0) is 28.7 Å². The number of allylic oxidation sites excluding steroid dienone is 1. The van der Waals surface area contributed by atoms with Gasteiger partial charge in [-0.1, -0.05) is 38.2 Å². The van der Waals surface area contributed by atoms with Gasteiger partial charge in [-0.05, 0) is 40.0 Å². The van der Waals surface area contributed by atoms with Crippen molar-refractivity contribution in [2.75, 3.05) is 19.7 Å². The lowest BCUT2D eigenvalue weighted by Crippen LogP contribution is -2.62. The molecule has 2 N–H and O–H groups in total. The van der Waals surface area contributed by atoms with Gasteiger partial charge in [0.15, 0.2) is 0 Å². The van der Waals surface area contributed by atoms with Crippen LogP contribution in [-0.4, -0.2) is 93.7 Å². The van der Waals surface area contributed by atoms with Gasteiger partial charge in [0, 0.05) is 18.5 Å². The Bertz CT molecular complexity index is 1030. The Morgan fingerprint density at radius 2 is 1.87 bits per heavy atom. The summed E-state index contributed by atoms with van der Waals surface area (Å²) in [6, 6.07) is -1.69. The van der Waals surface area contributed by atoms with Crippen molar-refractivity contribution in [3.63, 3.8) is 0 Å². The molecule has 0 radical (unpaired) electrons. The summed E-state index contributed by atoms with van der Waals surface area (Å²) in [6.07, 6.45) is 6.67. The molecule has 0 aromatic carbocycles. The van der Waals surface area contributed by atoms with E-state index >= 15 is 0 Å². The van der Waals surface area contributed by atoms with Crippen LogP contribution in [0.25, 0.3) is 0 Å². The highest BCUT2D eigenvalue weighted by Crippen LogP contribution is 2.56. The first kappa shape index (κ1) is 28.3. The molecule has 10 nitrogen and oxygen atoms in total. The molecule has 2 saturated heterocycles. The number of likely N-dealkylation sites (tertiary alicyclic amines) is 1. The molecule has 0 saturated carbocycles. The van der Waals surface area contributed by atoms with Gasteiger partial charge in [-0.15, -0.1) is 0 Å². The van der Waals surface area contributed by atoms with Crippen LogP contribution in [0.3, 0.4) is 0 Å². The third-order valence-electron chi connectivity index (χ3n) is 8.10. The quantitative estimate of drug-likeness (QED) is 0.414. The largest absolute Gasteiger partial charge is 0.460 e. The monoisotopic (exact) mass is 531 g/mol. The van der Waals surface area contributed by atoms with Gasteiger partial charge in [-0.25, -0.2) is 0 Å². The maximum atomic E-state index is 14.5. The van der Waals surface area contributed by atoms with Crippen molar-refractivity contribution in [2.24, 2.45) is 17.8 Å². The predicted octanol–water partition coefficient (Wildman–Crippen LogP) is 1.18. The van der Waals surface area contributed by atoms with E-state index < -0.39 is 59.1 Å². The summed E-state index contributed by atoms with van der Waals surface area (Å²) in [4.78, 5) is 57.5. The minimum Gasteiger partial charge on any atom is -0.460 e. The number of rotatable bonds is 3. The number of carbonyl (C=O) groups is 4. The van der Waals surface area contributed by atoms with Gasteiger partial charge in [0.2, 0.25) is 17.7 Å². The summed E-state index contributed by atoms with van der Waals surface area (Å²) in [6.45, 7) is 11.3. The van der Waals surface area contributed by atoms with E-state index in [2.05, 4.69) is 5.32 Å². The van der Waals surface area contributed by atoms with Crippen molar-refractivity contribution in [3.8, 4) is 0 Å². The highest BCUT2D eigenvalue weighted by Gasteiger charge is 2.74. The van der Waals surface area contributed by atoms with E-state index in [0.29, 0.717) is 6.42 Å². The maximum Gasteiger partial charge on any atom is 0.313 e. The molecule has 0 aromatic heterocycles. The number of ether oxygens (including phenoxy) is 2. The number of aliphatic hydroxyl groups excluding tert-OH is 1. The molecule has 2 fully saturated rings. The van der Waals surface area contributed by atoms with E-state index in [1.165, 1.54) is 4.90 Å². The van der Waals surface area contributed by atoms with Gasteiger partial charge < -0.3 is 29.7 Å². The predicted molar refractivity (Wildman–Crippen MR) is 138 cm³/mol. The van der Waals surface area contributed by atoms with Crippen LogP contribution in [0, 0.1) is 17.8 Å². The van der Waals surface area contributed by atoms with Gasteiger partial charge in [-0.3, -0.25) is 19.2 Å². The normalized spacial score (nSPS) is 35.9. The molecule has 210 valence electrons. The molecule has 4 heterocycles. The van der Waals surface area contributed by atoms with Crippen LogP contribution >= 0.6 is 0 Å². The van der Waals surface area contributed by atoms with Gasteiger partial charge in [-0.2, -0.15) is 0 Å². The lowest BCUT2D eigenvalue weighted by atomic mass is 9.74. The highest BCUT2D eigenvalue weighted by atomic mass is 16.6. The maximum absolute atomic E-state index is 14.5. The average Bonchev–Trinajstić information content (AvgIpc) is 3.46. The van der Waals surface area contributed by atoms with E-state index in [9.17, 15) is 24.3 Å². The number of esters is 1. The second-order valence-corrected chi connectivity index (χ2v) is 12.1. The Labute approximate surface area is 224 Å². The van der Waals surface area contributed by atoms with Gasteiger partial charge in [0.05, 0.1) is 31.2 Å². The Balaban J connectivity index is 1.83. The van der Waals surface area contributed by atoms with Crippen LogP contribution in [0.4, 0.5) is 0 Å². The molecule has 7 atom stereocenters. The number of aliphatic hydroxyl groups is 1. The molecular weight excluding hydrogens is 490 g/mol. The number of fused-ring (bicyclic) bond motifs is 2. The minimum absolute atomic E-state index is 0.148. The lowest BCUT2D eigenvalue weighted by Gasteiger charge is -2.43. The average molecular weight is 532 g/mol. The highest BCUT2D eigenvalue weighted by molar-refractivity contribution is 5.99. The van der Waals surface area contributed by atoms with E-state index in [0.717, 1.165) is 0 Å². The fourth-order valence-electron chi connectivity index (χ4n) is 6.15. The standard InChI is InChI=1S/C28H41N3O7/c1-16(2)18(15-32)31-23-25(35)30(27(4,5)6)13-9-7-8-10-20(33)29-14-17(3)37-26(36)21-19-11-12-28(23,38-19)22(21)24(31)34/h7,9,11-12,16-19,21-23,32H,8,10,13-15H2,1-6H3,(H,29,33)/b9-7-/t17-,18-,19+,21-,22-,23+,28-/m0/s1. The number of nitrogens with zero attached hydrogens (tertiary/aromatic N) is 2. The fraction of sp³-hybridized carbons (Fsp3) is 0.714. The van der Waals surface area contributed by atoms with Gasteiger partial charge in [0.25, 0.3) is 0 Å². The van der Waals surface area contributed by atoms with Crippen molar-refractivity contribution in [2.45, 2.75) is 89.8 Å². The first-order valence-electron chi connectivity index (χ1n) is 13.6. The molecule has 0 aliphatic carbocycles. The van der Waals surface area contributed by atoms with Crippen molar-refractivity contribution < 1.29 is 33.8 Å². The topological polar surface area (TPSA) is 125 Å². The fourth-order valence-corrected chi connectivity index (χ4v) is 6.15. The van der Waals surface area contributed by atoms with Crippen molar-refractivity contribution in [1.29, 1.82) is 0 Å². The molecule has 10 heteroatoms. The van der Waals surface area contributed by atoms with Crippen LogP contribution < -0.4 is 5.32 Å². The van der Waals surface area contributed by atoms with Gasteiger partial charge in [0.1, 0.15) is 23.7 Å².